The van der Waals surface area contributed by atoms with Crippen molar-refractivity contribution in [1.29, 1.82) is 0 Å². The molecule has 1 N–H and O–H groups in total. The van der Waals surface area contributed by atoms with Crippen molar-refractivity contribution in [3.8, 4) is 5.75 Å². The molecule has 3 rings (SSSR count). The van der Waals surface area contributed by atoms with Crippen molar-refractivity contribution in [2.24, 2.45) is 0 Å². The van der Waals surface area contributed by atoms with Gasteiger partial charge in [-0.1, -0.05) is 31.5 Å². The fraction of sp³-hybridized carbons (Fsp3) is 0.360. The van der Waals surface area contributed by atoms with Gasteiger partial charge in [0.1, 0.15) is 5.75 Å². The highest BCUT2D eigenvalue weighted by molar-refractivity contribution is 5.90. The summed E-state index contributed by atoms with van der Waals surface area (Å²) in [5.74, 6) is -0.524. The minimum Gasteiger partial charge on any atom is -0.496 e. The number of carboxylic acids is 1. The molecule has 0 saturated heterocycles. The van der Waals surface area contributed by atoms with Crippen LogP contribution in [-0.4, -0.2) is 35.8 Å². The van der Waals surface area contributed by atoms with Crippen LogP contribution in [0.15, 0.2) is 42.6 Å². The van der Waals surface area contributed by atoms with Crippen LogP contribution in [-0.2, 0) is 28.9 Å². The number of rotatable bonds is 10. The van der Waals surface area contributed by atoms with Gasteiger partial charge in [0.15, 0.2) is 0 Å². The fourth-order valence-electron chi connectivity index (χ4n) is 3.92. The molecule has 6 heteroatoms. The highest BCUT2D eigenvalue weighted by Gasteiger charge is 2.14. The maximum atomic E-state index is 11.8. The number of aryl methyl sites for hydroxylation is 2. The first-order valence-electron chi connectivity index (χ1n) is 10.5. The molecule has 31 heavy (non-hydrogen) atoms. The lowest BCUT2D eigenvalue weighted by Crippen LogP contribution is -2.05. The van der Waals surface area contributed by atoms with Gasteiger partial charge in [0.25, 0.3) is 0 Å². The van der Waals surface area contributed by atoms with Crippen LogP contribution in [0.2, 0.25) is 0 Å². The predicted molar refractivity (Wildman–Crippen MR) is 120 cm³/mol. The second-order valence-electron chi connectivity index (χ2n) is 7.65. The molecule has 0 unspecified atom stereocenters. The Labute approximate surface area is 182 Å². The lowest BCUT2D eigenvalue weighted by Gasteiger charge is -2.12. The van der Waals surface area contributed by atoms with E-state index in [9.17, 15) is 9.59 Å². The van der Waals surface area contributed by atoms with Gasteiger partial charge in [0.05, 0.1) is 26.3 Å². The average Bonchev–Trinajstić information content (AvgIpc) is 3.10. The molecule has 0 bridgehead atoms. The third kappa shape index (κ3) is 5.26. The Kier molecular flexibility index (Phi) is 7.34. The third-order valence-electron chi connectivity index (χ3n) is 5.45. The zero-order chi connectivity index (χ0) is 22.4. The van der Waals surface area contributed by atoms with Crippen LogP contribution in [0.5, 0.6) is 5.75 Å². The van der Waals surface area contributed by atoms with Crippen molar-refractivity contribution in [3.63, 3.8) is 0 Å². The molecule has 0 atom stereocenters. The van der Waals surface area contributed by atoms with Crippen LogP contribution in [0.3, 0.4) is 0 Å². The molecule has 1 heterocycles. The average molecular weight is 424 g/mol. The van der Waals surface area contributed by atoms with Crippen LogP contribution < -0.4 is 4.74 Å². The first kappa shape index (κ1) is 22.4. The van der Waals surface area contributed by atoms with Crippen LogP contribution in [0.1, 0.15) is 53.2 Å². The molecule has 1 aromatic heterocycles. The van der Waals surface area contributed by atoms with Crippen LogP contribution in [0, 0.1) is 0 Å². The maximum absolute atomic E-state index is 11.8. The van der Waals surface area contributed by atoms with Gasteiger partial charge in [-0.25, -0.2) is 4.79 Å². The molecular weight excluding hydrogens is 394 g/mol. The second kappa shape index (κ2) is 10.2. The van der Waals surface area contributed by atoms with Crippen molar-refractivity contribution in [2.45, 2.75) is 45.6 Å². The van der Waals surface area contributed by atoms with Crippen molar-refractivity contribution in [2.75, 3.05) is 14.2 Å². The lowest BCUT2D eigenvalue weighted by atomic mass is 10.0. The summed E-state index contributed by atoms with van der Waals surface area (Å²) in [4.78, 5) is 22.7. The first-order valence-corrected chi connectivity index (χ1v) is 10.5. The predicted octanol–water partition coefficient (Wildman–Crippen LogP) is 4.84. The van der Waals surface area contributed by atoms with Crippen molar-refractivity contribution in [1.82, 2.24) is 4.57 Å². The van der Waals surface area contributed by atoms with E-state index in [0.717, 1.165) is 35.9 Å². The molecule has 0 spiro atoms. The van der Waals surface area contributed by atoms with Gasteiger partial charge in [-0.3, -0.25) is 4.79 Å². The molecule has 0 aliphatic carbocycles. The van der Waals surface area contributed by atoms with Crippen LogP contribution in [0.25, 0.3) is 10.9 Å². The number of ether oxygens (including phenoxy) is 2. The number of hydrogen-bond donors (Lipinski definition) is 1. The highest BCUT2D eigenvalue weighted by atomic mass is 16.5. The van der Waals surface area contributed by atoms with E-state index in [1.165, 1.54) is 18.1 Å². The summed E-state index contributed by atoms with van der Waals surface area (Å²) in [5, 5.41) is 10.1. The number of carbonyl (C=O) groups excluding carboxylic acids is 1. The molecule has 0 saturated carbocycles. The zero-order valence-electron chi connectivity index (χ0n) is 18.3. The number of fused-ring (bicyclic) bond motifs is 1. The molecule has 164 valence electrons. The Morgan fingerprint density at radius 1 is 1.03 bits per heavy atom. The van der Waals surface area contributed by atoms with E-state index in [1.807, 2.05) is 6.07 Å². The number of hydrogen-bond acceptors (Lipinski definition) is 4. The number of benzene rings is 2. The van der Waals surface area contributed by atoms with E-state index in [1.54, 1.807) is 19.2 Å². The molecule has 0 radical (unpaired) electrons. The molecular formula is C25H29NO5. The van der Waals surface area contributed by atoms with E-state index in [2.05, 4.69) is 35.9 Å². The van der Waals surface area contributed by atoms with Gasteiger partial charge in [0, 0.05) is 29.1 Å². The summed E-state index contributed by atoms with van der Waals surface area (Å²) < 4.78 is 12.6. The molecule has 0 aliphatic rings. The quantitative estimate of drug-likeness (QED) is 0.472. The van der Waals surface area contributed by atoms with Crippen molar-refractivity contribution < 1.29 is 24.2 Å². The zero-order valence-corrected chi connectivity index (χ0v) is 18.3. The normalized spacial score (nSPS) is 10.9. The fourth-order valence-corrected chi connectivity index (χ4v) is 3.92. The van der Waals surface area contributed by atoms with Gasteiger partial charge < -0.3 is 19.1 Å². The standard InChI is InChI=1S/C25H29NO5/c1-4-6-19-15-26(16-20-11-10-18(25(29)31-3)14-23(20)30-2)22-13-17(9-12-21(19)22)7-5-8-24(27)28/h9-15H,4-8,16H2,1-3H3,(H,27,28). The summed E-state index contributed by atoms with van der Waals surface area (Å²) in [7, 11) is 2.95. The highest BCUT2D eigenvalue weighted by Crippen LogP contribution is 2.28. The van der Waals surface area contributed by atoms with E-state index >= 15 is 0 Å². The maximum Gasteiger partial charge on any atom is 0.337 e. The molecule has 6 nitrogen and oxygen atoms in total. The van der Waals surface area contributed by atoms with E-state index in [0.29, 0.717) is 24.3 Å². The van der Waals surface area contributed by atoms with Crippen molar-refractivity contribution in [3.05, 3.63) is 64.8 Å². The number of carbonyl (C=O) groups is 2. The summed E-state index contributed by atoms with van der Waals surface area (Å²) in [6, 6.07) is 11.7. The van der Waals surface area contributed by atoms with Gasteiger partial charge in [0.2, 0.25) is 0 Å². The largest absolute Gasteiger partial charge is 0.496 e. The number of methoxy groups -OCH3 is 2. The first-order chi connectivity index (χ1) is 15.0. The monoisotopic (exact) mass is 423 g/mol. The number of aromatic nitrogens is 1. The van der Waals surface area contributed by atoms with Crippen molar-refractivity contribution >= 4 is 22.8 Å². The minimum atomic E-state index is -0.766. The Hall–Kier alpha value is -3.28. The second-order valence-corrected chi connectivity index (χ2v) is 7.65. The van der Waals surface area contributed by atoms with E-state index in [-0.39, 0.29) is 6.42 Å². The molecule has 3 aromatic rings. The smallest absolute Gasteiger partial charge is 0.337 e. The summed E-state index contributed by atoms with van der Waals surface area (Å²) in [6.45, 7) is 2.77. The van der Waals surface area contributed by atoms with Crippen LogP contribution >= 0.6 is 0 Å². The Morgan fingerprint density at radius 2 is 1.84 bits per heavy atom. The van der Waals surface area contributed by atoms with Crippen LogP contribution in [0.4, 0.5) is 0 Å². The lowest BCUT2D eigenvalue weighted by molar-refractivity contribution is -0.137. The number of carboxylic acid groups (broad SMARTS) is 1. The Morgan fingerprint density at radius 3 is 2.52 bits per heavy atom. The molecule has 0 aliphatic heterocycles. The van der Waals surface area contributed by atoms with Gasteiger partial charge in [-0.2, -0.15) is 0 Å². The number of esters is 1. The molecule has 2 aromatic carbocycles. The molecule has 0 amide bonds. The van der Waals surface area contributed by atoms with Gasteiger partial charge in [-0.15, -0.1) is 0 Å². The Bertz CT molecular complexity index is 1080. The number of aliphatic carboxylic acids is 1. The summed E-state index contributed by atoms with van der Waals surface area (Å²) in [6.07, 6.45) is 5.74. The minimum absolute atomic E-state index is 0.171. The SMILES string of the molecule is CCCc1cn(Cc2ccc(C(=O)OC)cc2OC)c2cc(CCCC(=O)O)ccc12. The van der Waals surface area contributed by atoms with E-state index < -0.39 is 11.9 Å². The summed E-state index contributed by atoms with van der Waals surface area (Å²) in [5.41, 5.74) is 4.96. The van der Waals surface area contributed by atoms with Gasteiger partial charge in [-0.05, 0) is 48.6 Å². The molecule has 0 fully saturated rings. The van der Waals surface area contributed by atoms with E-state index in [4.69, 9.17) is 14.6 Å². The Balaban J connectivity index is 1.96. The third-order valence-corrected chi connectivity index (χ3v) is 5.45. The topological polar surface area (TPSA) is 77.8 Å². The summed E-state index contributed by atoms with van der Waals surface area (Å²) >= 11 is 0. The number of nitrogens with zero attached hydrogens (tertiary/aromatic N) is 1. The van der Waals surface area contributed by atoms with Gasteiger partial charge >= 0.3 is 11.9 Å².